The number of fused-ring (bicyclic) bond motifs is 1. The molecule has 2 rings (SSSR count). The van der Waals surface area contributed by atoms with Crippen molar-refractivity contribution >= 4 is 36.7 Å². The van der Waals surface area contributed by atoms with Gasteiger partial charge < -0.3 is 5.48 Å². The van der Waals surface area contributed by atoms with E-state index in [4.69, 9.17) is 0 Å². The summed E-state index contributed by atoms with van der Waals surface area (Å²) in [7, 11) is 0. The van der Waals surface area contributed by atoms with E-state index in [0.717, 1.165) is 5.52 Å². The molecular weight excluding hydrogens is 253 g/mol. The molecule has 2 N–H and O–H groups in total. The van der Waals surface area contributed by atoms with E-state index < -0.39 is 0 Å². The van der Waals surface area contributed by atoms with Crippen LogP contribution in [0.5, 0.6) is 0 Å². The number of nitrogens with zero attached hydrogens (tertiary/aromatic N) is 1. The van der Waals surface area contributed by atoms with Crippen LogP contribution in [0.3, 0.4) is 0 Å². The summed E-state index contributed by atoms with van der Waals surface area (Å²) < 4.78 is 0. The number of para-hydroxylation sites is 1. The fourth-order valence-corrected chi connectivity index (χ4v) is 1.02. The summed E-state index contributed by atoms with van der Waals surface area (Å²) in [6, 6.07) is 12.1. The molecule has 1 aromatic heterocycles. The van der Waals surface area contributed by atoms with Crippen LogP contribution >= 0.6 is 0 Å². The molecule has 1 aromatic carbocycles. The van der Waals surface area contributed by atoms with Gasteiger partial charge in [-0.2, -0.15) is 0 Å². The summed E-state index contributed by atoms with van der Waals surface area (Å²) in [5.74, 6) is 0. The molecule has 2 aromatic rings. The monoisotopic (exact) mass is 262 g/mol. The maximum Gasteiger partial charge on any atom is 0.0701 e. The molecule has 0 amide bonds. The van der Waals surface area contributed by atoms with Crippen molar-refractivity contribution in [2.24, 2.45) is 0 Å². The topological polar surface area (TPSA) is 44.4 Å². The SMILES string of the molecule is O.[In].c1ccc2ncccc2c1. The molecule has 0 unspecified atom stereocenters. The average molecular weight is 262 g/mol. The Morgan fingerprint density at radius 1 is 0.917 bits per heavy atom. The van der Waals surface area contributed by atoms with Gasteiger partial charge in [0.2, 0.25) is 0 Å². The molecule has 0 atom stereocenters. The minimum atomic E-state index is 0. The van der Waals surface area contributed by atoms with Crippen LogP contribution in [0, 0.1) is 0 Å². The maximum atomic E-state index is 4.18. The van der Waals surface area contributed by atoms with Gasteiger partial charge in [-0.25, -0.2) is 0 Å². The van der Waals surface area contributed by atoms with E-state index in [0.29, 0.717) is 0 Å². The van der Waals surface area contributed by atoms with Crippen LogP contribution in [0.4, 0.5) is 0 Å². The summed E-state index contributed by atoms with van der Waals surface area (Å²) in [6.45, 7) is 0. The van der Waals surface area contributed by atoms with Gasteiger partial charge in [0.1, 0.15) is 0 Å². The second-order valence-corrected chi connectivity index (χ2v) is 2.20. The minimum Gasteiger partial charge on any atom is -0.412 e. The third-order valence-electron chi connectivity index (χ3n) is 1.51. The second kappa shape index (κ2) is 5.17. The number of hydrogen-bond acceptors (Lipinski definition) is 1. The van der Waals surface area contributed by atoms with Crippen molar-refractivity contribution in [1.29, 1.82) is 0 Å². The van der Waals surface area contributed by atoms with E-state index >= 15 is 0 Å². The Morgan fingerprint density at radius 2 is 1.58 bits per heavy atom. The fourth-order valence-electron chi connectivity index (χ4n) is 1.02. The van der Waals surface area contributed by atoms with E-state index in [9.17, 15) is 0 Å². The van der Waals surface area contributed by atoms with Crippen LogP contribution in [-0.4, -0.2) is 36.3 Å². The Kier molecular flexibility index (Phi) is 4.93. The van der Waals surface area contributed by atoms with E-state index in [1.807, 2.05) is 30.5 Å². The first-order valence-electron chi connectivity index (χ1n) is 3.26. The Bertz CT molecular complexity index is 286. The first-order chi connectivity index (χ1) is 4.97. The second-order valence-electron chi connectivity index (χ2n) is 2.20. The molecule has 0 saturated carbocycles. The van der Waals surface area contributed by atoms with Crippen molar-refractivity contribution in [1.82, 2.24) is 4.98 Å². The van der Waals surface area contributed by atoms with Gasteiger partial charge >= 0.3 is 0 Å². The Labute approximate surface area is 89.7 Å². The summed E-state index contributed by atoms with van der Waals surface area (Å²) in [6.07, 6.45) is 1.81. The fraction of sp³-hybridized carbons (Fsp3) is 0. The summed E-state index contributed by atoms with van der Waals surface area (Å²) in [4.78, 5) is 4.18. The molecule has 12 heavy (non-hydrogen) atoms. The van der Waals surface area contributed by atoms with Crippen LogP contribution in [0.25, 0.3) is 10.9 Å². The van der Waals surface area contributed by atoms with E-state index in [2.05, 4.69) is 17.1 Å². The molecule has 2 nitrogen and oxygen atoms in total. The molecule has 0 bridgehead atoms. The molecule has 3 heteroatoms. The maximum absolute atomic E-state index is 4.18. The molecule has 59 valence electrons. The first-order valence-corrected chi connectivity index (χ1v) is 3.26. The van der Waals surface area contributed by atoms with E-state index in [1.165, 1.54) is 5.39 Å². The quantitative estimate of drug-likeness (QED) is 0.699. The van der Waals surface area contributed by atoms with Gasteiger partial charge in [-0.3, -0.25) is 4.98 Å². The zero-order valence-electron chi connectivity index (χ0n) is 6.57. The van der Waals surface area contributed by atoms with Crippen LogP contribution in [0.2, 0.25) is 0 Å². The molecule has 0 aliphatic rings. The standard InChI is InChI=1S/C9H7N.In.H2O/c1-2-6-9-8(4-1)5-3-7-10-9;;/h1-7H;;1H2. The van der Waals surface area contributed by atoms with Gasteiger partial charge in [0.25, 0.3) is 0 Å². The Hall–Kier alpha value is -0.540. The first kappa shape index (κ1) is 11.5. The normalized spacial score (nSPS) is 8.33. The minimum absolute atomic E-state index is 0. The largest absolute Gasteiger partial charge is 0.412 e. The molecule has 0 spiro atoms. The number of rotatable bonds is 0. The van der Waals surface area contributed by atoms with Crippen molar-refractivity contribution in [2.45, 2.75) is 0 Å². The van der Waals surface area contributed by atoms with Crippen LogP contribution < -0.4 is 0 Å². The smallest absolute Gasteiger partial charge is 0.0701 e. The predicted octanol–water partition coefficient (Wildman–Crippen LogP) is 1.03. The van der Waals surface area contributed by atoms with Gasteiger partial charge in [-0.15, -0.1) is 0 Å². The van der Waals surface area contributed by atoms with Gasteiger partial charge in [0.15, 0.2) is 0 Å². The van der Waals surface area contributed by atoms with Gasteiger partial charge in [-0.1, -0.05) is 24.3 Å². The predicted molar refractivity (Wildman–Crippen MR) is 51.1 cm³/mol. The van der Waals surface area contributed by atoms with E-state index in [-0.39, 0.29) is 31.3 Å². The number of aromatic nitrogens is 1. The Balaban J connectivity index is 0.000000605. The van der Waals surface area contributed by atoms with Gasteiger partial charge in [0, 0.05) is 37.4 Å². The van der Waals surface area contributed by atoms with Crippen molar-refractivity contribution in [3.8, 4) is 0 Å². The summed E-state index contributed by atoms with van der Waals surface area (Å²) in [5, 5.41) is 1.20. The third kappa shape index (κ3) is 2.22. The van der Waals surface area contributed by atoms with Crippen molar-refractivity contribution in [3.05, 3.63) is 42.6 Å². The number of benzene rings is 1. The summed E-state index contributed by atoms with van der Waals surface area (Å²) >= 11 is 0. The van der Waals surface area contributed by atoms with Crippen LogP contribution in [0.15, 0.2) is 42.6 Å². The third-order valence-corrected chi connectivity index (χ3v) is 1.51. The molecule has 3 radical (unpaired) electrons. The molecule has 0 aliphatic heterocycles. The van der Waals surface area contributed by atoms with Crippen molar-refractivity contribution in [3.63, 3.8) is 0 Å². The molecule has 0 saturated heterocycles. The summed E-state index contributed by atoms with van der Waals surface area (Å²) in [5.41, 5.74) is 1.06. The molecule has 0 fully saturated rings. The van der Waals surface area contributed by atoms with Crippen LogP contribution in [0.1, 0.15) is 0 Å². The van der Waals surface area contributed by atoms with E-state index in [1.54, 1.807) is 0 Å². The molecule has 0 aliphatic carbocycles. The zero-order chi connectivity index (χ0) is 6.81. The average Bonchev–Trinajstić information content (AvgIpc) is 2.05. The van der Waals surface area contributed by atoms with Crippen molar-refractivity contribution in [2.75, 3.05) is 0 Å². The van der Waals surface area contributed by atoms with Crippen molar-refractivity contribution < 1.29 is 5.48 Å². The zero-order valence-corrected chi connectivity index (χ0v) is 9.86. The van der Waals surface area contributed by atoms with Gasteiger partial charge in [0.05, 0.1) is 5.52 Å². The molecule has 1 heterocycles. The Morgan fingerprint density at radius 3 is 2.33 bits per heavy atom. The van der Waals surface area contributed by atoms with Crippen LogP contribution in [-0.2, 0) is 0 Å². The number of pyridine rings is 1. The molecular formula is C9H9InNO. The van der Waals surface area contributed by atoms with Gasteiger partial charge in [-0.05, 0) is 12.1 Å². The number of hydrogen-bond donors (Lipinski definition) is 0.